The lowest BCUT2D eigenvalue weighted by Crippen LogP contribution is -2.43. The van der Waals surface area contributed by atoms with Crippen molar-refractivity contribution in [2.45, 2.75) is 24.6 Å². The van der Waals surface area contributed by atoms with Crippen LogP contribution in [0, 0.1) is 0 Å². The van der Waals surface area contributed by atoms with Gasteiger partial charge in [-0.1, -0.05) is 12.1 Å². The number of rotatable bonds is 3. The topological polar surface area (TPSA) is 93.7 Å². The SMILES string of the molecule is Cl.Cl.OC1(c2nc(-c3cccc(C(F)(F)F)c3)c[nH]2)CCN(c2ncnc3[nH]ccc23)CC1. The van der Waals surface area contributed by atoms with E-state index in [4.69, 9.17) is 0 Å². The number of anilines is 1. The maximum atomic E-state index is 13.0. The highest BCUT2D eigenvalue weighted by atomic mass is 35.5. The Hall–Kier alpha value is -2.82. The summed E-state index contributed by atoms with van der Waals surface area (Å²) in [4.78, 5) is 21.1. The minimum Gasteiger partial charge on any atom is -0.382 e. The van der Waals surface area contributed by atoms with Crippen molar-refractivity contribution in [1.29, 1.82) is 0 Å². The van der Waals surface area contributed by atoms with Gasteiger partial charge in [0.25, 0.3) is 0 Å². The number of nitrogens with one attached hydrogen (secondary N) is 2. The van der Waals surface area contributed by atoms with Gasteiger partial charge >= 0.3 is 6.18 Å². The molecule has 3 N–H and O–H groups in total. The summed E-state index contributed by atoms with van der Waals surface area (Å²) in [6.45, 7) is 1.10. The van der Waals surface area contributed by atoms with Crippen LogP contribution in [0.2, 0.25) is 0 Å². The molecule has 0 aliphatic carbocycles. The molecule has 3 aromatic heterocycles. The number of imidazole rings is 1. The van der Waals surface area contributed by atoms with E-state index in [9.17, 15) is 18.3 Å². The molecule has 0 saturated carbocycles. The molecule has 4 aromatic rings. The molecule has 176 valence electrons. The summed E-state index contributed by atoms with van der Waals surface area (Å²) in [7, 11) is 0. The molecule has 0 unspecified atom stereocenters. The van der Waals surface area contributed by atoms with Gasteiger partial charge in [0.1, 0.15) is 29.2 Å². The first-order chi connectivity index (χ1) is 14.8. The van der Waals surface area contributed by atoms with E-state index >= 15 is 0 Å². The van der Waals surface area contributed by atoms with Crippen LogP contribution in [0.15, 0.2) is 49.1 Å². The number of hydrogen-bond donors (Lipinski definition) is 3. The molecule has 7 nitrogen and oxygen atoms in total. The van der Waals surface area contributed by atoms with Gasteiger partial charge in [-0.05, 0) is 18.2 Å². The summed E-state index contributed by atoms with van der Waals surface area (Å²) in [6, 6.07) is 6.92. The Bertz CT molecular complexity index is 1230. The molecule has 1 aliphatic heterocycles. The second-order valence-electron chi connectivity index (χ2n) is 7.67. The van der Waals surface area contributed by atoms with E-state index in [1.807, 2.05) is 6.07 Å². The van der Waals surface area contributed by atoms with E-state index < -0.39 is 17.3 Å². The van der Waals surface area contributed by atoms with Crippen molar-refractivity contribution in [1.82, 2.24) is 24.9 Å². The van der Waals surface area contributed by atoms with Gasteiger partial charge in [0.2, 0.25) is 0 Å². The van der Waals surface area contributed by atoms with Crippen LogP contribution in [-0.2, 0) is 11.8 Å². The number of hydrogen-bond acceptors (Lipinski definition) is 5. The Morgan fingerprint density at radius 3 is 2.52 bits per heavy atom. The molecular weight excluding hydrogens is 480 g/mol. The van der Waals surface area contributed by atoms with Crippen molar-refractivity contribution < 1.29 is 18.3 Å². The maximum absolute atomic E-state index is 13.0. The van der Waals surface area contributed by atoms with Crippen LogP contribution < -0.4 is 4.90 Å². The first-order valence-electron chi connectivity index (χ1n) is 9.82. The first-order valence-corrected chi connectivity index (χ1v) is 9.82. The van der Waals surface area contributed by atoms with Gasteiger partial charge in [-0.15, -0.1) is 24.8 Å². The van der Waals surface area contributed by atoms with Crippen LogP contribution in [0.5, 0.6) is 0 Å². The maximum Gasteiger partial charge on any atom is 0.416 e. The molecule has 0 amide bonds. The number of piperidine rings is 1. The summed E-state index contributed by atoms with van der Waals surface area (Å²) in [5.74, 6) is 1.16. The lowest BCUT2D eigenvalue weighted by atomic mass is 9.90. The van der Waals surface area contributed by atoms with Gasteiger partial charge in [-0.25, -0.2) is 15.0 Å². The fraction of sp³-hybridized carbons (Fsp3) is 0.286. The number of aliphatic hydroxyl groups is 1. The highest BCUT2D eigenvalue weighted by Crippen LogP contribution is 2.36. The lowest BCUT2D eigenvalue weighted by Gasteiger charge is -2.37. The number of nitrogens with zero attached hydrogens (tertiary/aromatic N) is 4. The van der Waals surface area contributed by atoms with E-state index in [2.05, 4.69) is 29.8 Å². The highest BCUT2D eigenvalue weighted by molar-refractivity contribution is 5.87. The van der Waals surface area contributed by atoms with Crippen LogP contribution in [-0.4, -0.2) is 43.1 Å². The highest BCUT2D eigenvalue weighted by Gasteiger charge is 2.37. The zero-order chi connectivity index (χ0) is 21.6. The third-order valence-corrected chi connectivity index (χ3v) is 5.73. The molecular formula is C21H21Cl2F3N6O. The summed E-state index contributed by atoms with van der Waals surface area (Å²) >= 11 is 0. The number of aromatic amines is 2. The molecule has 1 fully saturated rings. The molecule has 0 bridgehead atoms. The molecule has 0 radical (unpaired) electrons. The quantitative estimate of drug-likeness (QED) is 0.379. The zero-order valence-corrected chi connectivity index (χ0v) is 18.8. The van der Waals surface area contributed by atoms with Gasteiger partial charge in [0.05, 0.1) is 16.6 Å². The Morgan fingerprint density at radius 1 is 1.03 bits per heavy atom. The second-order valence-corrected chi connectivity index (χ2v) is 7.67. The molecule has 0 spiro atoms. The number of fused-ring (bicyclic) bond motifs is 1. The minimum absolute atomic E-state index is 0. The van der Waals surface area contributed by atoms with E-state index in [-0.39, 0.29) is 24.8 Å². The van der Waals surface area contributed by atoms with Crippen LogP contribution in [0.4, 0.5) is 19.0 Å². The number of benzene rings is 1. The van der Waals surface area contributed by atoms with Crippen molar-refractivity contribution in [2.75, 3.05) is 18.0 Å². The Morgan fingerprint density at radius 2 is 1.79 bits per heavy atom. The van der Waals surface area contributed by atoms with Crippen molar-refractivity contribution in [3.8, 4) is 11.3 Å². The van der Waals surface area contributed by atoms with Crippen molar-refractivity contribution in [3.63, 3.8) is 0 Å². The van der Waals surface area contributed by atoms with Gasteiger partial charge < -0.3 is 20.0 Å². The van der Waals surface area contributed by atoms with Gasteiger partial charge in [-0.3, -0.25) is 0 Å². The number of halogens is 5. The standard InChI is InChI=1S/C21H19F3N6O.2ClH/c22-21(23,24)14-3-1-2-13(10-14)16-11-26-19(29-16)20(31)5-8-30(9-6-20)18-15-4-7-25-17(15)27-12-28-18;;/h1-4,7,10-12,31H,5-6,8-9H2,(H,26,29)(H,25,27,28);2*1H. The summed E-state index contributed by atoms with van der Waals surface area (Å²) < 4.78 is 39.0. The minimum atomic E-state index is -4.42. The van der Waals surface area contributed by atoms with E-state index in [0.29, 0.717) is 43.0 Å². The average Bonchev–Trinajstić information content (AvgIpc) is 3.44. The Balaban J connectivity index is 0.00000153. The van der Waals surface area contributed by atoms with Crippen molar-refractivity contribution in [2.24, 2.45) is 0 Å². The first kappa shape index (κ1) is 24.8. The number of alkyl halides is 3. The summed E-state index contributed by atoms with van der Waals surface area (Å²) in [5.41, 5.74) is -0.471. The smallest absolute Gasteiger partial charge is 0.382 e. The largest absolute Gasteiger partial charge is 0.416 e. The summed E-state index contributed by atoms with van der Waals surface area (Å²) in [5, 5.41) is 12.1. The van der Waals surface area contributed by atoms with E-state index in [1.54, 1.807) is 12.3 Å². The molecule has 4 heterocycles. The molecule has 0 atom stereocenters. The predicted octanol–water partition coefficient (Wildman–Crippen LogP) is 4.70. The third kappa shape index (κ3) is 4.64. The van der Waals surface area contributed by atoms with Gasteiger partial charge in [0.15, 0.2) is 0 Å². The fourth-order valence-corrected chi connectivity index (χ4v) is 4.00. The molecule has 12 heteroatoms. The second kappa shape index (κ2) is 9.20. The predicted molar refractivity (Wildman–Crippen MR) is 123 cm³/mol. The molecule has 33 heavy (non-hydrogen) atoms. The molecule has 5 rings (SSSR count). The zero-order valence-electron chi connectivity index (χ0n) is 17.1. The van der Waals surface area contributed by atoms with E-state index in [0.717, 1.165) is 29.0 Å². The van der Waals surface area contributed by atoms with Gasteiger partial charge in [0, 0.05) is 43.9 Å². The normalized spacial score (nSPS) is 15.7. The van der Waals surface area contributed by atoms with Gasteiger partial charge in [-0.2, -0.15) is 13.2 Å². The third-order valence-electron chi connectivity index (χ3n) is 5.73. The van der Waals surface area contributed by atoms with E-state index in [1.165, 1.54) is 18.6 Å². The number of H-pyrrole nitrogens is 2. The lowest BCUT2D eigenvalue weighted by molar-refractivity contribution is -0.137. The average molecular weight is 501 g/mol. The van der Waals surface area contributed by atoms with Crippen LogP contribution >= 0.6 is 24.8 Å². The monoisotopic (exact) mass is 500 g/mol. The summed E-state index contributed by atoms with van der Waals surface area (Å²) in [6.07, 6.45) is 1.22. The molecule has 1 aliphatic rings. The molecule has 1 saturated heterocycles. The fourth-order valence-electron chi connectivity index (χ4n) is 4.00. The molecule has 1 aromatic carbocycles. The number of aromatic nitrogens is 5. The van der Waals surface area contributed by atoms with Crippen LogP contribution in [0.1, 0.15) is 24.2 Å². The Kier molecular flexibility index (Phi) is 6.92. The van der Waals surface area contributed by atoms with Crippen LogP contribution in [0.25, 0.3) is 22.3 Å². The van der Waals surface area contributed by atoms with Crippen molar-refractivity contribution >= 4 is 41.7 Å². The Labute approximate surface area is 199 Å². The van der Waals surface area contributed by atoms with Crippen LogP contribution in [0.3, 0.4) is 0 Å². The van der Waals surface area contributed by atoms with Crippen molar-refractivity contribution in [3.05, 3.63) is 60.4 Å².